The topological polar surface area (TPSA) is 60.7 Å². The quantitative estimate of drug-likeness (QED) is 0.886. The lowest BCUT2D eigenvalue weighted by Crippen LogP contribution is -2.26. The molecule has 2 rings (SSSR count). The van der Waals surface area contributed by atoms with Crippen molar-refractivity contribution in [2.24, 2.45) is 0 Å². The zero-order valence-electron chi connectivity index (χ0n) is 13.1. The van der Waals surface area contributed by atoms with E-state index in [1.165, 1.54) is 0 Å². The smallest absolute Gasteiger partial charge is 0.256 e. The van der Waals surface area contributed by atoms with Gasteiger partial charge in [-0.15, -0.1) is 0 Å². The Hall–Kier alpha value is -2.11. The van der Waals surface area contributed by atoms with Gasteiger partial charge in [0.2, 0.25) is 0 Å². The van der Waals surface area contributed by atoms with Gasteiger partial charge in [-0.05, 0) is 48.4 Å². The summed E-state index contributed by atoms with van der Waals surface area (Å²) in [6, 6.07) is 9.30. The maximum atomic E-state index is 12.4. The Labute approximate surface area is 129 Å². The Morgan fingerprint density at radius 2 is 1.95 bits per heavy atom. The van der Waals surface area contributed by atoms with Crippen molar-refractivity contribution < 1.29 is 14.6 Å². The molecule has 5 heteroatoms. The summed E-state index contributed by atoms with van der Waals surface area (Å²) < 4.78 is 12.0. The van der Waals surface area contributed by atoms with Crippen molar-refractivity contribution in [3.05, 3.63) is 51.8 Å². The van der Waals surface area contributed by atoms with Crippen molar-refractivity contribution in [2.75, 3.05) is 20.8 Å². The predicted octanol–water partition coefficient (Wildman–Crippen LogP) is 1.97. The first-order valence-electron chi connectivity index (χ1n) is 7.10. The van der Waals surface area contributed by atoms with Gasteiger partial charge in [0.05, 0.1) is 26.0 Å². The number of ether oxygens (including phenoxy) is 2. The molecule has 5 nitrogen and oxygen atoms in total. The number of hydrogen-bond acceptors (Lipinski definition) is 4. The maximum Gasteiger partial charge on any atom is 0.256 e. The number of nitrogens with zero attached hydrogens (tertiary/aromatic N) is 1. The molecule has 0 saturated carbocycles. The number of methoxy groups -OCH3 is 2. The van der Waals surface area contributed by atoms with Crippen LogP contribution in [0, 0.1) is 6.92 Å². The van der Waals surface area contributed by atoms with Gasteiger partial charge < -0.3 is 19.1 Å². The standard InChI is InChI=1S/C17H21NO4/c1-12-10-13(5-7-16(12)22-3)15-6-4-14(11-19)17(20)18(15)8-9-21-2/h4-7,10,19H,8-9,11H2,1-3H3. The van der Waals surface area contributed by atoms with E-state index in [-0.39, 0.29) is 12.2 Å². The number of hydrogen-bond donors (Lipinski definition) is 1. The van der Waals surface area contributed by atoms with Gasteiger partial charge >= 0.3 is 0 Å². The molecule has 0 spiro atoms. The Morgan fingerprint density at radius 1 is 1.18 bits per heavy atom. The number of rotatable bonds is 6. The molecule has 0 saturated heterocycles. The van der Waals surface area contributed by atoms with Gasteiger partial charge in [-0.25, -0.2) is 0 Å². The monoisotopic (exact) mass is 303 g/mol. The molecule has 0 atom stereocenters. The van der Waals surface area contributed by atoms with Crippen LogP contribution in [0.5, 0.6) is 5.75 Å². The van der Waals surface area contributed by atoms with Gasteiger partial charge in [-0.1, -0.05) is 0 Å². The molecule has 0 bridgehead atoms. The second-order valence-corrected chi connectivity index (χ2v) is 5.04. The Balaban J connectivity index is 2.56. The van der Waals surface area contributed by atoms with Crippen LogP contribution in [0.3, 0.4) is 0 Å². The first kappa shape index (κ1) is 16.3. The summed E-state index contributed by atoms with van der Waals surface area (Å²) in [4.78, 5) is 12.4. The van der Waals surface area contributed by atoms with Gasteiger partial charge in [-0.3, -0.25) is 4.79 Å². The van der Waals surface area contributed by atoms with E-state index in [0.29, 0.717) is 18.7 Å². The maximum absolute atomic E-state index is 12.4. The van der Waals surface area contributed by atoms with E-state index in [9.17, 15) is 9.90 Å². The normalized spacial score (nSPS) is 10.7. The second kappa shape index (κ2) is 7.24. The number of aryl methyl sites for hydroxylation is 1. The van der Waals surface area contributed by atoms with Crippen LogP contribution in [0.25, 0.3) is 11.3 Å². The molecule has 1 aromatic carbocycles. The van der Waals surface area contributed by atoms with E-state index in [4.69, 9.17) is 9.47 Å². The third-order valence-electron chi connectivity index (χ3n) is 3.63. The minimum Gasteiger partial charge on any atom is -0.496 e. The number of benzene rings is 1. The summed E-state index contributed by atoms with van der Waals surface area (Å²) in [7, 11) is 3.23. The van der Waals surface area contributed by atoms with E-state index in [1.807, 2.05) is 31.2 Å². The molecule has 118 valence electrons. The second-order valence-electron chi connectivity index (χ2n) is 5.04. The van der Waals surface area contributed by atoms with Crippen molar-refractivity contribution in [3.63, 3.8) is 0 Å². The number of pyridine rings is 1. The molecule has 0 unspecified atom stereocenters. The molecule has 0 fully saturated rings. The van der Waals surface area contributed by atoms with Crippen LogP contribution in [0.1, 0.15) is 11.1 Å². The molecular formula is C17H21NO4. The van der Waals surface area contributed by atoms with Crippen molar-refractivity contribution in [3.8, 4) is 17.0 Å². The van der Waals surface area contributed by atoms with Gasteiger partial charge in [0.1, 0.15) is 5.75 Å². The molecule has 1 N–H and O–H groups in total. The highest BCUT2D eigenvalue weighted by Gasteiger charge is 2.11. The van der Waals surface area contributed by atoms with Crippen LogP contribution in [0.15, 0.2) is 35.1 Å². The summed E-state index contributed by atoms with van der Waals surface area (Å²) in [6.07, 6.45) is 0. The predicted molar refractivity (Wildman–Crippen MR) is 85.2 cm³/mol. The molecule has 0 aliphatic heterocycles. The zero-order chi connectivity index (χ0) is 16.1. The molecule has 0 aliphatic carbocycles. The van der Waals surface area contributed by atoms with Crippen molar-refractivity contribution in [1.82, 2.24) is 4.57 Å². The fraction of sp³-hybridized carbons (Fsp3) is 0.353. The van der Waals surface area contributed by atoms with Gasteiger partial charge in [-0.2, -0.15) is 0 Å². The average Bonchev–Trinajstić information content (AvgIpc) is 2.53. The van der Waals surface area contributed by atoms with Gasteiger partial charge in [0.25, 0.3) is 5.56 Å². The molecular weight excluding hydrogens is 282 g/mol. The Morgan fingerprint density at radius 3 is 2.55 bits per heavy atom. The fourth-order valence-corrected chi connectivity index (χ4v) is 2.44. The van der Waals surface area contributed by atoms with Crippen molar-refractivity contribution in [1.29, 1.82) is 0 Å². The highest BCUT2D eigenvalue weighted by atomic mass is 16.5. The molecule has 0 aliphatic rings. The summed E-state index contributed by atoms with van der Waals surface area (Å²) in [5, 5.41) is 9.28. The van der Waals surface area contributed by atoms with Crippen LogP contribution in [-0.2, 0) is 17.9 Å². The minimum atomic E-state index is -0.270. The highest BCUT2D eigenvalue weighted by molar-refractivity contribution is 5.62. The number of aliphatic hydroxyl groups is 1. The molecule has 22 heavy (non-hydrogen) atoms. The molecule has 1 aromatic heterocycles. The molecule has 0 amide bonds. The van der Waals surface area contributed by atoms with E-state index in [0.717, 1.165) is 22.6 Å². The van der Waals surface area contributed by atoms with E-state index in [1.54, 1.807) is 24.9 Å². The first-order chi connectivity index (χ1) is 10.6. The summed E-state index contributed by atoms with van der Waals surface area (Å²) in [5.74, 6) is 0.807. The van der Waals surface area contributed by atoms with E-state index >= 15 is 0 Å². The highest BCUT2D eigenvalue weighted by Crippen LogP contribution is 2.25. The van der Waals surface area contributed by atoms with Gasteiger partial charge in [0, 0.05) is 19.2 Å². The molecule has 0 radical (unpaired) electrons. The molecule has 2 aromatic rings. The van der Waals surface area contributed by atoms with E-state index < -0.39 is 0 Å². The summed E-state index contributed by atoms with van der Waals surface area (Å²) >= 11 is 0. The van der Waals surface area contributed by atoms with Crippen molar-refractivity contribution in [2.45, 2.75) is 20.1 Å². The van der Waals surface area contributed by atoms with Crippen LogP contribution in [0.2, 0.25) is 0 Å². The van der Waals surface area contributed by atoms with E-state index in [2.05, 4.69) is 0 Å². The van der Waals surface area contributed by atoms with Crippen LogP contribution >= 0.6 is 0 Å². The Bertz CT molecular complexity index is 706. The lowest BCUT2D eigenvalue weighted by Gasteiger charge is -2.15. The average molecular weight is 303 g/mol. The number of aromatic nitrogens is 1. The fourth-order valence-electron chi connectivity index (χ4n) is 2.44. The third kappa shape index (κ3) is 3.21. The first-order valence-corrected chi connectivity index (χ1v) is 7.10. The number of aliphatic hydroxyl groups excluding tert-OH is 1. The van der Waals surface area contributed by atoms with Crippen LogP contribution in [0.4, 0.5) is 0 Å². The summed E-state index contributed by atoms with van der Waals surface area (Å²) in [5.41, 5.74) is 2.91. The third-order valence-corrected chi connectivity index (χ3v) is 3.63. The lowest BCUT2D eigenvalue weighted by molar-refractivity contribution is 0.186. The van der Waals surface area contributed by atoms with Gasteiger partial charge in [0.15, 0.2) is 0 Å². The van der Waals surface area contributed by atoms with Crippen LogP contribution in [-0.4, -0.2) is 30.5 Å². The molecule has 1 heterocycles. The van der Waals surface area contributed by atoms with Crippen molar-refractivity contribution >= 4 is 0 Å². The minimum absolute atomic E-state index is 0.189. The zero-order valence-corrected chi connectivity index (χ0v) is 13.1. The lowest BCUT2D eigenvalue weighted by atomic mass is 10.1. The largest absolute Gasteiger partial charge is 0.496 e. The SMILES string of the molecule is COCCn1c(-c2ccc(OC)c(C)c2)ccc(CO)c1=O. The summed E-state index contributed by atoms with van der Waals surface area (Å²) in [6.45, 7) is 2.55. The van der Waals surface area contributed by atoms with Crippen LogP contribution < -0.4 is 10.3 Å². The Kier molecular flexibility index (Phi) is 5.35.